The average Bonchev–Trinajstić information content (AvgIpc) is 2.53. The molecule has 0 bridgehead atoms. The molecule has 2 nitrogen and oxygen atoms in total. The number of amides is 1. The Balaban J connectivity index is 1.84. The molecule has 1 aliphatic heterocycles. The normalized spacial score (nSPS) is 24.6. The first-order valence-corrected chi connectivity index (χ1v) is 8.13. The third-order valence-corrected chi connectivity index (χ3v) is 4.99. The minimum absolute atomic E-state index is 0.0348. The van der Waals surface area contributed by atoms with Crippen LogP contribution in [0.4, 0.5) is 27.6 Å². The van der Waals surface area contributed by atoms with Gasteiger partial charge in [0.15, 0.2) is 0 Å². The molecule has 132 valence electrons. The van der Waals surface area contributed by atoms with Crippen LogP contribution in [0.3, 0.4) is 0 Å². The summed E-state index contributed by atoms with van der Waals surface area (Å²) in [4.78, 5) is 14.0. The first-order chi connectivity index (χ1) is 11.3. The van der Waals surface area contributed by atoms with Crippen LogP contribution in [0.1, 0.15) is 37.7 Å². The van der Waals surface area contributed by atoms with Gasteiger partial charge in [-0.25, -0.2) is 8.78 Å². The van der Waals surface area contributed by atoms with Crippen LogP contribution in [0.2, 0.25) is 0 Å². The van der Waals surface area contributed by atoms with Gasteiger partial charge in [-0.1, -0.05) is 6.42 Å². The summed E-state index contributed by atoms with van der Waals surface area (Å²) in [7, 11) is 0. The number of fused-ring (bicyclic) bond motifs is 1. The van der Waals surface area contributed by atoms with Gasteiger partial charge in [-0.3, -0.25) is 4.79 Å². The molecular weight excluding hydrogens is 329 g/mol. The maximum Gasteiger partial charge on any atom is 0.391 e. The summed E-state index contributed by atoms with van der Waals surface area (Å²) < 4.78 is 66.3. The molecule has 1 saturated carbocycles. The van der Waals surface area contributed by atoms with Gasteiger partial charge in [0.05, 0.1) is 11.6 Å². The van der Waals surface area contributed by atoms with E-state index < -0.39 is 35.6 Å². The minimum atomic E-state index is -4.31. The summed E-state index contributed by atoms with van der Waals surface area (Å²) in [5.41, 5.74) is 0.428. The second-order valence-electron chi connectivity index (χ2n) is 6.58. The molecule has 0 saturated heterocycles. The molecule has 0 N–H and O–H groups in total. The molecule has 1 aromatic rings. The van der Waals surface area contributed by atoms with Crippen LogP contribution in [0, 0.1) is 23.5 Å². The van der Waals surface area contributed by atoms with Gasteiger partial charge >= 0.3 is 6.18 Å². The van der Waals surface area contributed by atoms with Gasteiger partial charge in [-0.05, 0) is 38.2 Å². The number of rotatable bonds is 1. The number of carbonyl (C=O) groups excluding carboxylic acids is 1. The number of anilines is 1. The minimum Gasteiger partial charge on any atom is -0.312 e. The van der Waals surface area contributed by atoms with E-state index in [1.165, 1.54) is 4.90 Å². The highest BCUT2D eigenvalue weighted by molar-refractivity contribution is 5.96. The van der Waals surface area contributed by atoms with E-state index in [1.54, 1.807) is 0 Å². The molecule has 1 fully saturated rings. The number of hydrogen-bond acceptors (Lipinski definition) is 1. The van der Waals surface area contributed by atoms with E-state index in [1.807, 2.05) is 0 Å². The van der Waals surface area contributed by atoms with Crippen molar-refractivity contribution in [1.82, 2.24) is 0 Å². The average molecular weight is 347 g/mol. The van der Waals surface area contributed by atoms with E-state index in [0.717, 1.165) is 12.1 Å². The van der Waals surface area contributed by atoms with Crippen LogP contribution in [0.5, 0.6) is 0 Å². The van der Waals surface area contributed by atoms with Crippen molar-refractivity contribution in [2.75, 3.05) is 11.4 Å². The third-order valence-electron chi connectivity index (χ3n) is 4.99. The predicted octanol–water partition coefficient (Wildman–Crippen LogP) is 4.61. The fourth-order valence-electron chi connectivity index (χ4n) is 3.77. The highest BCUT2D eigenvalue weighted by Gasteiger charge is 2.44. The summed E-state index contributed by atoms with van der Waals surface area (Å²) in [6, 6.07) is 1.87. The Kier molecular flexibility index (Phi) is 4.53. The fourth-order valence-corrected chi connectivity index (χ4v) is 3.77. The van der Waals surface area contributed by atoms with Crippen LogP contribution in [0.15, 0.2) is 12.1 Å². The van der Waals surface area contributed by atoms with Crippen molar-refractivity contribution in [1.29, 1.82) is 0 Å². The monoisotopic (exact) mass is 347 g/mol. The Hall–Kier alpha value is -1.66. The lowest BCUT2D eigenvalue weighted by molar-refractivity contribution is -0.186. The molecule has 3 rings (SSSR count). The van der Waals surface area contributed by atoms with Crippen LogP contribution >= 0.6 is 0 Å². The topological polar surface area (TPSA) is 20.3 Å². The quantitative estimate of drug-likeness (QED) is 0.679. The number of halogens is 5. The Bertz CT molecular complexity index is 643. The van der Waals surface area contributed by atoms with E-state index >= 15 is 0 Å². The van der Waals surface area contributed by atoms with Crippen molar-refractivity contribution in [2.24, 2.45) is 11.8 Å². The summed E-state index contributed by atoms with van der Waals surface area (Å²) >= 11 is 0. The van der Waals surface area contributed by atoms with Crippen molar-refractivity contribution >= 4 is 11.6 Å². The smallest absolute Gasteiger partial charge is 0.312 e. The highest BCUT2D eigenvalue weighted by Crippen LogP contribution is 2.41. The number of hydrogen-bond donors (Lipinski definition) is 0. The zero-order chi connectivity index (χ0) is 17.5. The molecule has 1 aliphatic carbocycles. The molecular formula is C17H18F5NO. The zero-order valence-corrected chi connectivity index (χ0v) is 13.0. The largest absolute Gasteiger partial charge is 0.391 e. The Morgan fingerprint density at radius 2 is 1.88 bits per heavy atom. The molecule has 0 aromatic heterocycles. The molecule has 2 unspecified atom stereocenters. The van der Waals surface area contributed by atoms with Gasteiger partial charge < -0.3 is 4.90 Å². The standard InChI is InChI=1S/C17H18F5NO/c18-12-8-14(19)13-5-2-6-23(15(13)9-12)16(24)10-3-1-4-11(7-10)17(20,21)22/h8-11H,1-7H2. The first kappa shape index (κ1) is 17.2. The number of benzene rings is 1. The highest BCUT2D eigenvalue weighted by atomic mass is 19.4. The zero-order valence-electron chi connectivity index (χ0n) is 13.0. The van der Waals surface area contributed by atoms with Crippen LogP contribution in [0.25, 0.3) is 0 Å². The van der Waals surface area contributed by atoms with Crippen LogP contribution in [-0.4, -0.2) is 18.6 Å². The van der Waals surface area contributed by atoms with Crippen molar-refractivity contribution < 1.29 is 26.7 Å². The molecule has 1 heterocycles. The van der Waals surface area contributed by atoms with Crippen molar-refractivity contribution in [3.63, 3.8) is 0 Å². The van der Waals surface area contributed by atoms with Crippen LogP contribution < -0.4 is 4.90 Å². The molecule has 1 amide bonds. The summed E-state index contributed by atoms with van der Waals surface area (Å²) in [6.45, 7) is 0.280. The van der Waals surface area contributed by atoms with Gasteiger partial charge in [-0.15, -0.1) is 0 Å². The molecule has 2 atom stereocenters. The molecule has 0 spiro atoms. The first-order valence-electron chi connectivity index (χ1n) is 8.13. The summed E-state index contributed by atoms with van der Waals surface area (Å²) in [6.07, 6.45) is -2.90. The number of carbonyl (C=O) groups is 1. The van der Waals surface area contributed by atoms with Gasteiger partial charge in [-0.2, -0.15) is 13.2 Å². The lowest BCUT2D eigenvalue weighted by Gasteiger charge is -2.36. The lowest BCUT2D eigenvalue weighted by atomic mass is 9.80. The third kappa shape index (κ3) is 3.26. The molecule has 1 aromatic carbocycles. The van der Waals surface area contributed by atoms with Crippen molar-refractivity contribution in [2.45, 2.75) is 44.7 Å². The molecule has 2 aliphatic rings. The number of alkyl halides is 3. The molecule has 0 radical (unpaired) electrons. The van der Waals surface area contributed by atoms with Gasteiger partial charge in [0.1, 0.15) is 11.6 Å². The van der Waals surface area contributed by atoms with Gasteiger partial charge in [0, 0.05) is 24.1 Å². The van der Waals surface area contributed by atoms with Crippen molar-refractivity contribution in [3.8, 4) is 0 Å². The Labute approximate surface area is 136 Å². The predicted molar refractivity (Wildman–Crippen MR) is 78.5 cm³/mol. The van der Waals surface area contributed by atoms with E-state index in [2.05, 4.69) is 0 Å². The maximum absolute atomic E-state index is 13.9. The Morgan fingerprint density at radius 1 is 1.12 bits per heavy atom. The molecule has 24 heavy (non-hydrogen) atoms. The van der Waals surface area contributed by atoms with Gasteiger partial charge in [0.25, 0.3) is 0 Å². The van der Waals surface area contributed by atoms with Crippen molar-refractivity contribution in [3.05, 3.63) is 29.3 Å². The van der Waals surface area contributed by atoms with Gasteiger partial charge in [0.2, 0.25) is 5.91 Å². The SMILES string of the molecule is O=C(C1CCCC(C(F)(F)F)C1)N1CCCc2c(F)cc(F)cc21. The Morgan fingerprint density at radius 3 is 2.58 bits per heavy atom. The fraction of sp³-hybridized carbons (Fsp3) is 0.588. The van der Waals surface area contributed by atoms with Crippen LogP contribution in [-0.2, 0) is 11.2 Å². The summed E-state index contributed by atoms with van der Waals surface area (Å²) in [5, 5.41) is 0. The lowest BCUT2D eigenvalue weighted by Crippen LogP contribution is -2.42. The second-order valence-corrected chi connectivity index (χ2v) is 6.58. The van der Waals surface area contributed by atoms with E-state index in [0.29, 0.717) is 25.7 Å². The maximum atomic E-state index is 13.9. The molecule has 7 heteroatoms. The summed E-state index contributed by atoms with van der Waals surface area (Å²) in [5.74, 6) is -4.17. The van der Waals surface area contributed by atoms with E-state index in [-0.39, 0.29) is 30.6 Å². The second kappa shape index (κ2) is 6.33. The van der Waals surface area contributed by atoms with E-state index in [9.17, 15) is 26.7 Å². The number of nitrogens with zero attached hydrogens (tertiary/aromatic N) is 1. The van der Waals surface area contributed by atoms with E-state index in [4.69, 9.17) is 0 Å².